The Hall–Kier alpha value is -0.920. The number of halogens is 8. The van der Waals surface area contributed by atoms with E-state index in [4.69, 9.17) is 58.0 Å². The van der Waals surface area contributed by atoms with Crippen LogP contribution < -0.4 is 0 Å². The number of nitrogens with zero attached hydrogens (tertiary/aromatic N) is 1. The molecular formula is C14H5Cl5F3NO2. The molecule has 2 rings (SSSR count). The average Bonchev–Trinajstić information content (AvgIpc) is 2.56. The number of ether oxygens (including phenoxy) is 1. The highest BCUT2D eigenvalue weighted by Gasteiger charge is 2.35. The van der Waals surface area contributed by atoms with Gasteiger partial charge in [-0.05, 0) is 12.1 Å². The Balaban J connectivity index is 2.93. The summed E-state index contributed by atoms with van der Waals surface area (Å²) in [4.78, 5) is 15.4. The predicted molar refractivity (Wildman–Crippen MR) is 91.1 cm³/mol. The number of benzene rings is 1. The van der Waals surface area contributed by atoms with Crippen molar-refractivity contribution in [3.05, 3.63) is 48.5 Å². The zero-order valence-corrected chi connectivity index (χ0v) is 15.7. The molecule has 0 amide bonds. The molecule has 0 aliphatic heterocycles. The second-order valence-corrected chi connectivity index (χ2v) is 6.42. The number of rotatable bonds is 2. The van der Waals surface area contributed by atoms with Crippen molar-refractivity contribution in [1.29, 1.82) is 0 Å². The van der Waals surface area contributed by atoms with E-state index in [1.165, 1.54) is 0 Å². The fourth-order valence-electron chi connectivity index (χ4n) is 1.90. The number of hydrogen-bond donors (Lipinski definition) is 0. The summed E-state index contributed by atoms with van der Waals surface area (Å²) in [5, 5.41) is -1.30. The van der Waals surface area contributed by atoms with Gasteiger partial charge in [-0.2, -0.15) is 13.2 Å². The Morgan fingerprint density at radius 3 is 1.88 bits per heavy atom. The molecular weight excluding hydrogens is 448 g/mol. The van der Waals surface area contributed by atoms with E-state index in [1.807, 2.05) is 0 Å². The Morgan fingerprint density at radius 1 is 0.960 bits per heavy atom. The maximum atomic E-state index is 13.0. The van der Waals surface area contributed by atoms with Crippen LogP contribution in [0, 0.1) is 0 Å². The number of carbonyl (C=O) groups excluding carboxylic acids is 1. The number of esters is 1. The van der Waals surface area contributed by atoms with E-state index in [1.54, 1.807) is 0 Å². The SMILES string of the molecule is COC(=O)c1ccc(C(F)(F)F)nc1-c1c(Cl)c(Cl)c(Cl)c(Cl)c1Cl. The lowest BCUT2D eigenvalue weighted by molar-refractivity contribution is -0.141. The Bertz CT molecular complexity index is 842. The van der Waals surface area contributed by atoms with E-state index in [-0.39, 0.29) is 36.2 Å². The molecule has 0 spiro atoms. The summed E-state index contributed by atoms with van der Waals surface area (Å²) in [5.41, 5.74) is -2.34. The first-order chi connectivity index (χ1) is 11.5. The van der Waals surface area contributed by atoms with Crippen molar-refractivity contribution < 1.29 is 22.7 Å². The summed E-state index contributed by atoms with van der Waals surface area (Å²) in [5.74, 6) is -0.953. The van der Waals surface area contributed by atoms with Crippen LogP contribution in [-0.2, 0) is 10.9 Å². The Kier molecular flexibility index (Phi) is 6.01. The van der Waals surface area contributed by atoms with Gasteiger partial charge in [0, 0.05) is 5.56 Å². The van der Waals surface area contributed by atoms with Crippen LogP contribution >= 0.6 is 58.0 Å². The molecule has 1 heterocycles. The predicted octanol–water partition coefficient (Wildman–Crippen LogP) is 6.82. The quantitative estimate of drug-likeness (QED) is 0.285. The lowest BCUT2D eigenvalue weighted by atomic mass is 10.0. The Labute approximate surface area is 164 Å². The van der Waals surface area contributed by atoms with Gasteiger partial charge in [-0.1, -0.05) is 58.0 Å². The van der Waals surface area contributed by atoms with Crippen LogP contribution in [0.1, 0.15) is 16.1 Å². The van der Waals surface area contributed by atoms with E-state index >= 15 is 0 Å². The van der Waals surface area contributed by atoms with Gasteiger partial charge in [0.05, 0.1) is 43.5 Å². The van der Waals surface area contributed by atoms with Crippen LogP contribution in [0.3, 0.4) is 0 Å². The first-order valence-corrected chi connectivity index (χ1v) is 8.08. The van der Waals surface area contributed by atoms with Gasteiger partial charge in [0.15, 0.2) is 0 Å². The molecule has 1 aromatic heterocycles. The average molecular weight is 453 g/mol. The van der Waals surface area contributed by atoms with E-state index in [2.05, 4.69) is 9.72 Å². The molecule has 11 heteroatoms. The normalized spacial score (nSPS) is 11.6. The summed E-state index contributed by atoms with van der Waals surface area (Å²) >= 11 is 29.8. The maximum absolute atomic E-state index is 13.0. The van der Waals surface area contributed by atoms with Gasteiger partial charge in [-0.3, -0.25) is 0 Å². The van der Waals surface area contributed by atoms with E-state index in [0.29, 0.717) is 6.07 Å². The number of aromatic nitrogens is 1. The molecule has 25 heavy (non-hydrogen) atoms. The van der Waals surface area contributed by atoms with Gasteiger partial charge in [0.25, 0.3) is 0 Å². The Morgan fingerprint density at radius 2 is 1.44 bits per heavy atom. The third kappa shape index (κ3) is 3.78. The third-order valence-electron chi connectivity index (χ3n) is 3.04. The van der Waals surface area contributed by atoms with E-state index < -0.39 is 23.5 Å². The minimum Gasteiger partial charge on any atom is -0.465 e. The molecule has 3 nitrogen and oxygen atoms in total. The molecule has 134 valence electrons. The van der Waals surface area contributed by atoms with Crippen LogP contribution in [0.4, 0.5) is 13.2 Å². The van der Waals surface area contributed by atoms with Crippen molar-refractivity contribution in [3.8, 4) is 11.3 Å². The minimum atomic E-state index is -4.78. The molecule has 0 unspecified atom stereocenters. The molecule has 0 atom stereocenters. The molecule has 0 aliphatic carbocycles. The highest BCUT2D eigenvalue weighted by molar-refractivity contribution is 6.56. The molecule has 0 radical (unpaired) electrons. The van der Waals surface area contributed by atoms with Crippen molar-refractivity contribution >= 4 is 64.0 Å². The zero-order valence-electron chi connectivity index (χ0n) is 11.9. The highest BCUT2D eigenvalue weighted by atomic mass is 35.5. The van der Waals surface area contributed by atoms with Crippen LogP contribution in [0.25, 0.3) is 11.3 Å². The molecule has 1 aromatic carbocycles. The first kappa shape index (κ1) is 20.4. The van der Waals surface area contributed by atoms with E-state index in [0.717, 1.165) is 13.2 Å². The monoisotopic (exact) mass is 451 g/mol. The van der Waals surface area contributed by atoms with Crippen LogP contribution in [0.2, 0.25) is 25.1 Å². The first-order valence-electron chi connectivity index (χ1n) is 6.19. The van der Waals surface area contributed by atoms with Crippen LogP contribution in [0.15, 0.2) is 12.1 Å². The number of pyridine rings is 1. The van der Waals surface area contributed by atoms with Gasteiger partial charge >= 0.3 is 12.1 Å². The molecule has 0 N–H and O–H groups in total. The fourth-order valence-corrected chi connectivity index (χ4v) is 3.21. The lowest BCUT2D eigenvalue weighted by Gasteiger charge is -2.16. The summed E-state index contributed by atoms with van der Waals surface area (Å²) < 4.78 is 43.6. The zero-order chi connectivity index (χ0) is 19.1. The standard InChI is InChI=1S/C14H5Cl5F3NO2/c1-25-13(24)4-2-3-5(14(20,21)22)23-12(4)6-7(15)9(17)11(19)10(18)8(6)16/h2-3H,1H3. The molecule has 2 aromatic rings. The van der Waals surface area contributed by atoms with Crippen molar-refractivity contribution in [3.63, 3.8) is 0 Å². The lowest BCUT2D eigenvalue weighted by Crippen LogP contribution is -2.12. The van der Waals surface area contributed by atoms with Gasteiger partial charge in [-0.15, -0.1) is 0 Å². The largest absolute Gasteiger partial charge is 0.465 e. The highest BCUT2D eigenvalue weighted by Crippen LogP contribution is 2.48. The number of alkyl halides is 3. The van der Waals surface area contributed by atoms with Crippen molar-refractivity contribution in [1.82, 2.24) is 4.98 Å². The van der Waals surface area contributed by atoms with Gasteiger partial charge in [-0.25, -0.2) is 9.78 Å². The topological polar surface area (TPSA) is 39.2 Å². The summed E-state index contributed by atoms with van der Waals surface area (Å²) in [6.45, 7) is 0. The number of methoxy groups -OCH3 is 1. The van der Waals surface area contributed by atoms with Gasteiger partial charge in [0.2, 0.25) is 0 Å². The smallest absolute Gasteiger partial charge is 0.433 e. The summed E-state index contributed by atoms with van der Waals surface area (Å²) in [7, 11) is 1.05. The molecule has 0 bridgehead atoms. The fraction of sp³-hybridized carbons (Fsp3) is 0.143. The maximum Gasteiger partial charge on any atom is 0.433 e. The van der Waals surface area contributed by atoms with E-state index in [9.17, 15) is 18.0 Å². The van der Waals surface area contributed by atoms with Crippen LogP contribution in [0.5, 0.6) is 0 Å². The summed E-state index contributed by atoms with van der Waals surface area (Å²) in [6.07, 6.45) is -4.78. The van der Waals surface area contributed by atoms with Crippen molar-refractivity contribution in [2.24, 2.45) is 0 Å². The molecule has 0 fully saturated rings. The third-order valence-corrected chi connectivity index (χ3v) is 5.31. The number of carbonyl (C=O) groups is 1. The minimum absolute atomic E-state index is 0.186. The van der Waals surface area contributed by atoms with Gasteiger partial charge in [0.1, 0.15) is 5.69 Å². The van der Waals surface area contributed by atoms with Gasteiger partial charge < -0.3 is 4.74 Å². The molecule has 0 aliphatic rings. The van der Waals surface area contributed by atoms with Crippen molar-refractivity contribution in [2.45, 2.75) is 6.18 Å². The van der Waals surface area contributed by atoms with Crippen molar-refractivity contribution in [2.75, 3.05) is 7.11 Å². The summed E-state index contributed by atoms with van der Waals surface area (Å²) in [6, 6.07) is 1.51. The molecule has 0 saturated carbocycles. The second-order valence-electron chi connectivity index (χ2n) is 4.53. The molecule has 0 saturated heterocycles. The second kappa shape index (κ2) is 7.37. The number of hydrogen-bond acceptors (Lipinski definition) is 3. The van der Waals surface area contributed by atoms with Crippen LogP contribution in [-0.4, -0.2) is 18.1 Å².